The molecule has 1 N–H and O–H groups in total. The smallest absolute Gasteiger partial charge is 0.336 e. The van der Waals surface area contributed by atoms with Crippen LogP contribution < -0.4 is 17.1 Å². The van der Waals surface area contributed by atoms with Crippen LogP contribution in [0.2, 0.25) is 0 Å². The van der Waals surface area contributed by atoms with Crippen molar-refractivity contribution in [3.05, 3.63) is 31.5 Å². The van der Waals surface area contributed by atoms with E-state index in [4.69, 9.17) is 14.2 Å². The molecule has 3 aliphatic heterocycles. The van der Waals surface area contributed by atoms with Gasteiger partial charge in [-0.15, -0.1) is 0 Å². The first-order chi connectivity index (χ1) is 10.1. The first kappa shape index (κ1) is 13.0. The van der Waals surface area contributed by atoms with Crippen LogP contribution in [0.4, 0.5) is 0 Å². The highest BCUT2D eigenvalue weighted by molar-refractivity contribution is 4.97. The lowest BCUT2D eigenvalue weighted by Gasteiger charge is -2.13. The fourth-order valence-electron chi connectivity index (χ4n) is 2.49. The molecular formula is C12H15N3O6. The molecule has 3 saturated heterocycles. The molecule has 0 saturated carbocycles. The Morgan fingerprint density at radius 3 is 2.29 bits per heavy atom. The van der Waals surface area contributed by atoms with Gasteiger partial charge < -0.3 is 14.2 Å². The number of nitrogens with one attached hydrogen (secondary N) is 1. The summed E-state index contributed by atoms with van der Waals surface area (Å²) in [5, 5.41) is 0. The Morgan fingerprint density at radius 2 is 1.71 bits per heavy atom. The van der Waals surface area contributed by atoms with E-state index in [1.807, 2.05) is 0 Å². The monoisotopic (exact) mass is 297 g/mol. The summed E-state index contributed by atoms with van der Waals surface area (Å²) in [6.07, 6.45) is 0.679. The number of ether oxygens (including phenoxy) is 3. The molecule has 0 spiro atoms. The molecule has 3 aliphatic rings. The molecule has 3 unspecified atom stereocenters. The number of epoxide rings is 3. The molecule has 3 fully saturated rings. The van der Waals surface area contributed by atoms with Gasteiger partial charge in [0.05, 0.1) is 45.1 Å². The summed E-state index contributed by atoms with van der Waals surface area (Å²) in [4.78, 5) is 38.1. The summed E-state index contributed by atoms with van der Waals surface area (Å²) >= 11 is 0. The van der Waals surface area contributed by atoms with E-state index >= 15 is 0 Å². The van der Waals surface area contributed by atoms with Gasteiger partial charge >= 0.3 is 17.1 Å². The van der Waals surface area contributed by atoms with Crippen molar-refractivity contribution in [1.29, 1.82) is 0 Å². The second-order valence-corrected chi connectivity index (χ2v) is 5.80. The van der Waals surface area contributed by atoms with Crippen molar-refractivity contribution in [2.45, 2.75) is 37.3 Å². The first-order valence-electron chi connectivity index (χ1n) is 6.87. The Balaban J connectivity index is 1.65. The predicted octanol–water partition coefficient (Wildman–Crippen LogP) is -2.34. The molecule has 0 radical (unpaired) electrons. The molecule has 4 heterocycles. The number of nitrogens with zero attached hydrogens (tertiary/aromatic N) is 2. The lowest BCUT2D eigenvalue weighted by molar-refractivity contribution is 0.228. The normalized spacial score (nSPS) is 33.0. The zero-order chi connectivity index (χ0) is 14.6. The van der Waals surface area contributed by atoms with Crippen LogP contribution in [-0.2, 0) is 27.3 Å². The highest BCUT2D eigenvalue weighted by Gasteiger charge is 2.50. The van der Waals surface area contributed by atoms with Gasteiger partial charge in [-0.1, -0.05) is 0 Å². The Labute approximate surface area is 118 Å². The Hall–Kier alpha value is -1.71. The van der Waals surface area contributed by atoms with Crippen LogP contribution in [0.25, 0.3) is 0 Å². The second-order valence-electron chi connectivity index (χ2n) is 5.80. The molecule has 9 nitrogen and oxygen atoms in total. The van der Waals surface area contributed by atoms with Crippen LogP contribution in [0.1, 0.15) is 6.42 Å². The molecule has 0 bridgehead atoms. The van der Waals surface area contributed by atoms with Crippen LogP contribution in [-0.4, -0.2) is 51.7 Å². The maximum absolute atomic E-state index is 12.3. The largest absolute Gasteiger partial charge is 0.373 e. The summed E-state index contributed by atoms with van der Waals surface area (Å²) < 4.78 is 17.6. The van der Waals surface area contributed by atoms with Crippen molar-refractivity contribution < 1.29 is 14.2 Å². The van der Waals surface area contributed by atoms with Crippen molar-refractivity contribution in [2.75, 3.05) is 19.8 Å². The Bertz CT molecular complexity index is 735. The lowest BCUT2D eigenvalue weighted by Crippen LogP contribution is -2.51. The standard InChI is InChI=1S/C12H15N3O6/c16-9-13-10(17)15(11(18)14(9)2-8-4-20-8)5-12(6-21-12)1-7-3-19-7/h7-8H,1-6H2,(H,13,16,17). The minimum atomic E-state index is -0.704. The van der Waals surface area contributed by atoms with Crippen molar-refractivity contribution in [2.24, 2.45) is 0 Å². The van der Waals surface area contributed by atoms with Gasteiger partial charge in [0, 0.05) is 6.42 Å². The van der Waals surface area contributed by atoms with Gasteiger partial charge in [0.25, 0.3) is 0 Å². The first-order valence-corrected chi connectivity index (χ1v) is 6.87. The van der Waals surface area contributed by atoms with Crippen LogP contribution in [0.15, 0.2) is 14.4 Å². The average molecular weight is 297 g/mol. The fourth-order valence-corrected chi connectivity index (χ4v) is 2.49. The number of H-pyrrole nitrogens is 1. The van der Waals surface area contributed by atoms with Crippen LogP contribution in [0.3, 0.4) is 0 Å². The third kappa shape index (κ3) is 2.59. The maximum Gasteiger partial charge on any atom is 0.336 e. The van der Waals surface area contributed by atoms with Crippen molar-refractivity contribution in [3.63, 3.8) is 0 Å². The zero-order valence-electron chi connectivity index (χ0n) is 11.2. The molecule has 21 heavy (non-hydrogen) atoms. The van der Waals surface area contributed by atoms with E-state index in [9.17, 15) is 14.4 Å². The van der Waals surface area contributed by atoms with E-state index in [-0.39, 0.29) is 25.3 Å². The van der Waals surface area contributed by atoms with Crippen molar-refractivity contribution >= 4 is 0 Å². The number of hydrogen-bond acceptors (Lipinski definition) is 6. The Kier molecular flexibility index (Phi) is 2.72. The van der Waals surface area contributed by atoms with E-state index in [2.05, 4.69) is 4.98 Å². The number of aromatic amines is 1. The molecule has 0 amide bonds. The van der Waals surface area contributed by atoms with Crippen molar-refractivity contribution in [1.82, 2.24) is 14.1 Å². The molecule has 0 aromatic carbocycles. The molecule has 4 rings (SSSR count). The molecular weight excluding hydrogens is 282 g/mol. The topological polar surface area (TPSA) is 114 Å². The second kappa shape index (κ2) is 4.39. The van der Waals surface area contributed by atoms with Crippen molar-refractivity contribution in [3.8, 4) is 0 Å². The minimum absolute atomic E-state index is 0.124. The van der Waals surface area contributed by atoms with Crippen LogP contribution in [0.5, 0.6) is 0 Å². The highest BCUT2D eigenvalue weighted by Crippen LogP contribution is 2.37. The van der Waals surface area contributed by atoms with Gasteiger partial charge in [-0.2, -0.15) is 0 Å². The summed E-state index contributed by atoms with van der Waals surface area (Å²) in [6.45, 7) is 2.00. The zero-order valence-corrected chi connectivity index (χ0v) is 11.2. The molecule has 1 aromatic rings. The number of hydrogen-bond donors (Lipinski definition) is 1. The summed E-state index contributed by atoms with van der Waals surface area (Å²) in [6, 6.07) is 0. The van der Waals surface area contributed by atoms with E-state index in [1.54, 1.807) is 0 Å². The molecule has 0 aliphatic carbocycles. The summed E-state index contributed by atoms with van der Waals surface area (Å²) in [5.41, 5.74) is -2.54. The molecule has 9 heteroatoms. The van der Waals surface area contributed by atoms with Crippen LogP contribution >= 0.6 is 0 Å². The van der Waals surface area contributed by atoms with Crippen LogP contribution in [0, 0.1) is 0 Å². The third-order valence-electron chi connectivity index (χ3n) is 3.96. The lowest BCUT2D eigenvalue weighted by atomic mass is 10.1. The molecule has 3 atom stereocenters. The van der Waals surface area contributed by atoms with Gasteiger partial charge in [0.15, 0.2) is 0 Å². The molecule has 114 valence electrons. The summed E-state index contributed by atoms with van der Waals surface area (Å²) in [7, 11) is 0. The predicted molar refractivity (Wildman–Crippen MR) is 68.4 cm³/mol. The van der Waals surface area contributed by atoms with E-state index < -0.39 is 22.7 Å². The van der Waals surface area contributed by atoms with E-state index in [1.165, 1.54) is 0 Å². The highest BCUT2D eigenvalue weighted by atomic mass is 16.6. The quantitative estimate of drug-likeness (QED) is 0.588. The van der Waals surface area contributed by atoms with E-state index in [0.29, 0.717) is 26.2 Å². The third-order valence-corrected chi connectivity index (χ3v) is 3.96. The average Bonchev–Trinajstić information content (AvgIpc) is 3.29. The van der Waals surface area contributed by atoms with Gasteiger partial charge in [-0.3, -0.25) is 4.98 Å². The van der Waals surface area contributed by atoms with E-state index in [0.717, 1.165) is 9.13 Å². The maximum atomic E-state index is 12.3. The summed E-state index contributed by atoms with van der Waals surface area (Å²) in [5.74, 6) is 0. The number of rotatable bonds is 6. The van der Waals surface area contributed by atoms with Gasteiger partial charge in [-0.05, 0) is 0 Å². The SMILES string of the molecule is O=c1[nH]c(=O)n(CC2(CC3CO3)CO2)c(=O)n1CC1CO1. The van der Waals surface area contributed by atoms with Gasteiger partial charge in [-0.25, -0.2) is 23.5 Å². The van der Waals surface area contributed by atoms with Gasteiger partial charge in [0.2, 0.25) is 0 Å². The molecule has 1 aromatic heterocycles. The van der Waals surface area contributed by atoms with Gasteiger partial charge in [0.1, 0.15) is 5.60 Å². The fraction of sp³-hybridized carbons (Fsp3) is 0.750. The minimum Gasteiger partial charge on any atom is -0.373 e. The number of aromatic nitrogens is 3. The Morgan fingerprint density at radius 1 is 1.10 bits per heavy atom.